The lowest BCUT2D eigenvalue weighted by molar-refractivity contribution is 0.108. The zero-order valence-electron chi connectivity index (χ0n) is 15.6. The molecule has 1 N–H and O–H groups in total. The van der Waals surface area contributed by atoms with Gasteiger partial charge < -0.3 is 5.32 Å². The highest BCUT2D eigenvalue weighted by Crippen LogP contribution is 2.40. The standard InChI is InChI=1S/C23H17ClN2OS2/c1-15-7-9-17(10-8-15)23(27)29-22-21(25-19-5-3-2-4-6-19)28-20(26-22)16-11-13-18(24)14-12-16/h2-14,25H,1H3. The summed E-state index contributed by atoms with van der Waals surface area (Å²) in [5.41, 5.74) is 3.69. The molecule has 0 unspecified atom stereocenters. The molecule has 0 spiro atoms. The molecule has 29 heavy (non-hydrogen) atoms. The topological polar surface area (TPSA) is 42.0 Å². The lowest BCUT2D eigenvalue weighted by atomic mass is 10.2. The van der Waals surface area contributed by atoms with Gasteiger partial charge in [0.25, 0.3) is 0 Å². The molecule has 0 aliphatic rings. The summed E-state index contributed by atoms with van der Waals surface area (Å²) < 4.78 is 0. The summed E-state index contributed by atoms with van der Waals surface area (Å²) in [5, 5.41) is 6.38. The number of thioether (sulfide) groups is 1. The molecule has 0 atom stereocenters. The number of carbonyl (C=O) groups excluding carboxylic acids is 1. The van der Waals surface area contributed by atoms with Crippen LogP contribution < -0.4 is 5.32 Å². The first-order valence-electron chi connectivity index (χ1n) is 8.96. The molecule has 0 amide bonds. The van der Waals surface area contributed by atoms with Gasteiger partial charge in [0.1, 0.15) is 15.0 Å². The molecule has 1 heterocycles. The Morgan fingerprint density at radius 2 is 1.66 bits per heavy atom. The van der Waals surface area contributed by atoms with Crippen LogP contribution in [0.2, 0.25) is 5.02 Å². The second-order valence-corrected chi connectivity index (χ2v) is 8.80. The van der Waals surface area contributed by atoms with E-state index in [9.17, 15) is 4.79 Å². The number of carbonyl (C=O) groups is 1. The van der Waals surface area contributed by atoms with Crippen molar-refractivity contribution in [3.05, 3.63) is 95.0 Å². The van der Waals surface area contributed by atoms with Crippen molar-refractivity contribution < 1.29 is 4.79 Å². The Balaban J connectivity index is 1.67. The van der Waals surface area contributed by atoms with E-state index >= 15 is 0 Å². The summed E-state index contributed by atoms with van der Waals surface area (Å²) in [6.07, 6.45) is 0. The van der Waals surface area contributed by atoms with E-state index in [0.29, 0.717) is 15.6 Å². The molecule has 3 aromatic carbocycles. The molecule has 3 nitrogen and oxygen atoms in total. The number of aryl methyl sites for hydroxylation is 1. The van der Waals surface area contributed by atoms with Gasteiger partial charge in [0, 0.05) is 21.8 Å². The van der Waals surface area contributed by atoms with Crippen molar-refractivity contribution >= 4 is 50.5 Å². The summed E-state index contributed by atoms with van der Waals surface area (Å²) in [6, 6.07) is 25.0. The fourth-order valence-electron chi connectivity index (χ4n) is 2.66. The van der Waals surface area contributed by atoms with Gasteiger partial charge in [0.05, 0.1) is 0 Å². The van der Waals surface area contributed by atoms with Crippen LogP contribution in [0.25, 0.3) is 10.6 Å². The molecule has 1 aromatic heterocycles. The Morgan fingerprint density at radius 1 is 0.966 bits per heavy atom. The van der Waals surface area contributed by atoms with E-state index in [1.165, 1.54) is 11.3 Å². The molecule has 0 saturated carbocycles. The van der Waals surface area contributed by atoms with Gasteiger partial charge in [0.2, 0.25) is 5.12 Å². The highest BCUT2D eigenvalue weighted by molar-refractivity contribution is 8.14. The predicted octanol–water partition coefficient (Wildman–Crippen LogP) is 7.45. The monoisotopic (exact) mass is 436 g/mol. The Hall–Kier alpha value is -2.60. The van der Waals surface area contributed by atoms with Gasteiger partial charge in [0.15, 0.2) is 0 Å². The Bertz CT molecular complexity index is 1120. The summed E-state index contributed by atoms with van der Waals surface area (Å²) in [6.45, 7) is 2.00. The number of hydrogen-bond donors (Lipinski definition) is 1. The zero-order chi connectivity index (χ0) is 20.2. The molecule has 0 radical (unpaired) electrons. The fourth-order valence-corrected chi connectivity index (χ4v) is 4.69. The molecule has 0 bridgehead atoms. The first kappa shape index (κ1) is 19.7. The van der Waals surface area contributed by atoms with Crippen LogP contribution in [0.1, 0.15) is 15.9 Å². The van der Waals surface area contributed by atoms with Crippen LogP contribution in [0.3, 0.4) is 0 Å². The summed E-state index contributed by atoms with van der Waals surface area (Å²) >= 11 is 8.67. The molecule has 0 saturated heterocycles. The molecular weight excluding hydrogens is 420 g/mol. The maximum Gasteiger partial charge on any atom is 0.225 e. The Labute approximate surface area is 182 Å². The summed E-state index contributed by atoms with van der Waals surface area (Å²) in [7, 11) is 0. The van der Waals surface area contributed by atoms with Gasteiger partial charge in [-0.25, -0.2) is 4.98 Å². The average Bonchev–Trinajstić information content (AvgIpc) is 3.12. The van der Waals surface area contributed by atoms with Crippen molar-refractivity contribution in [2.75, 3.05) is 5.32 Å². The molecule has 4 aromatic rings. The van der Waals surface area contributed by atoms with E-state index in [-0.39, 0.29) is 5.12 Å². The van der Waals surface area contributed by atoms with Crippen LogP contribution >= 0.6 is 34.7 Å². The number of benzene rings is 3. The number of rotatable bonds is 5. The van der Waals surface area contributed by atoms with E-state index < -0.39 is 0 Å². The zero-order valence-corrected chi connectivity index (χ0v) is 17.9. The number of nitrogens with zero attached hydrogens (tertiary/aromatic N) is 1. The number of thiazole rings is 1. The lowest BCUT2D eigenvalue weighted by Crippen LogP contribution is -1.95. The largest absolute Gasteiger partial charge is 0.345 e. The fraction of sp³-hybridized carbons (Fsp3) is 0.0435. The SMILES string of the molecule is Cc1ccc(C(=O)Sc2nc(-c3ccc(Cl)cc3)sc2Nc2ccccc2)cc1. The maximum absolute atomic E-state index is 12.8. The van der Waals surface area contributed by atoms with Gasteiger partial charge >= 0.3 is 0 Å². The Kier molecular flexibility index (Phi) is 6.00. The second kappa shape index (κ2) is 8.82. The minimum Gasteiger partial charge on any atom is -0.345 e. The second-order valence-electron chi connectivity index (χ2n) is 6.41. The highest BCUT2D eigenvalue weighted by Gasteiger charge is 2.18. The first-order valence-corrected chi connectivity index (χ1v) is 11.0. The summed E-state index contributed by atoms with van der Waals surface area (Å²) in [4.78, 5) is 17.5. The van der Waals surface area contributed by atoms with E-state index in [2.05, 4.69) is 5.32 Å². The number of hydrogen-bond acceptors (Lipinski definition) is 5. The van der Waals surface area contributed by atoms with E-state index in [4.69, 9.17) is 16.6 Å². The van der Waals surface area contributed by atoms with Gasteiger partial charge in [-0.15, -0.1) is 0 Å². The van der Waals surface area contributed by atoms with Crippen molar-refractivity contribution in [2.24, 2.45) is 0 Å². The number of aromatic nitrogens is 1. The van der Waals surface area contributed by atoms with Crippen molar-refractivity contribution in [2.45, 2.75) is 11.9 Å². The van der Waals surface area contributed by atoms with Crippen LogP contribution in [-0.4, -0.2) is 10.1 Å². The van der Waals surface area contributed by atoms with E-state index in [0.717, 1.165) is 38.6 Å². The highest BCUT2D eigenvalue weighted by atomic mass is 35.5. The van der Waals surface area contributed by atoms with Crippen LogP contribution in [0.5, 0.6) is 0 Å². The number of anilines is 2. The first-order chi connectivity index (χ1) is 14.1. The van der Waals surface area contributed by atoms with Crippen LogP contribution in [0.4, 0.5) is 10.7 Å². The molecule has 0 aliphatic carbocycles. The van der Waals surface area contributed by atoms with Crippen molar-refractivity contribution in [3.8, 4) is 10.6 Å². The predicted molar refractivity (Wildman–Crippen MR) is 124 cm³/mol. The van der Waals surface area contributed by atoms with Crippen molar-refractivity contribution in [1.29, 1.82) is 0 Å². The normalized spacial score (nSPS) is 10.7. The van der Waals surface area contributed by atoms with Crippen LogP contribution in [0.15, 0.2) is 83.9 Å². The minimum absolute atomic E-state index is 0.0333. The third-order valence-electron chi connectivity index (χ3n) is 4.20. The minimum atomic E-state index is -0.0333. The number of halogens is 1. The average molecular weight is 437 g/mol. The van der Waals surface area contributed by atoms with E-state index in [1.54, 1.807) is 0 Å². The number of para-hydroxylation sites is 1. The van der Waals surface area contributed by atoms with Crippen LogP contribution in [0, 0.1) is 6.92 Å². The number of nitrogens with one attached hydrogen (secondary N) is 1. The van der Waals surface area contributed by atoms with Gasteiger partial charge in [-0.3, -0.25) is 4.79 Å². The third-order valence-corrected chi connectivity index (χ3v) is 6.51. The van der Waals surface area contributed by atoms with Gasteiger partial charge in [-0.1, -0.05) is 83.1 Å². The molecule has 6 heteroatoms. The molecule has 0 fully saturated rings. The van der Waals surface area contributed by atoms with Crippen molar-refractivity contribution in [1.82, 2.24) is 4.98 Å². The summed E-state index contributed by atoms with van der Waals surface area (Å²) in [5.74, 6) is 0. The lowest BCUT2D eigenvalue weighted by Gasteiger charge is -2.05. The van der Waals surface area contributed by atoms with Crippen LogP contribution in [-0.2, 0) is 0 Å². The quantitative estimate of drug-likeness (QED) is 0.330. The molecular formula is C23H17ClN2OS2. The maximum atomic E-state index is 12.8. The van der Waals surface area contributed by atoms with E-state index in [1.807, 2.05) is 85.8 Å². The molecule has 144 valence electrons. The van der Waals surface area contributed by atoms with Gasteiger partial charge in [-0.05, 0) is 43.0 Å². The van der Waals surface area contributed by atoms with Crippen molar-refractivity contribution in [3.63, 3.8) is 0 Å². The van der Waals surface area contributed by atoms with Gasteiger partial charge in [-0.2, -0.15) is 0 Å². The Morgan fingerprint density at radius 3 is 2.34 bits per heavy atom. The molecule has 4 rings (SSSR count). The smallest absolute Gasteiger partial charge is 0.225 e. The molecule has 0 aliphatic heterocycles. The third kappa shape index (κ3) is 4.88.